The van der Waals surface area contributed by atoms with Crippen molar-refractivity contribution in [1.29, 1.82) is 0 Å². The molecule has 2 atom stereocenters. The van der Waals surface area contributed by atoms with Gasteiger partial charge in [0.15, 0.2) is 5.69 Å². The second kappa shape index (κ2) is 12.1. The van der Waals surface area contributed by atoms with E-state index in [4.69, 9.17) is 11.6 Å². The molecule has 15 heteroatoms. The van der Waals surface area contributed by atoms with Gasteiger partial charge >= 0.3 is 0 Å². The van der Waals surface area contributed by atoms with Gasteiger partial charge in [-0.1, -0.05) is 17.7 Å². The predicted molar refractivity (Wildman–Crippen MR) is 155 cm³/mol. The number of halogens is 3. The van der Waals surface area contributed by atoms with Crippen LogP contribution in [-0.2, 0) is 11.4 Å². The molecule has 5 rings (SSSR count). The fourth-order valence-electron chi connectivity index (χ4n) is 4.72. The molecule has 0 radical (unpaired) electrons. The van der Waals surface area contributed by atoms with Gasteiger partial charge in [-0.2, -0.15) is 5.10 Å². The smallest absolute Gasteiger partial charge is 0.276 e. The number of aryl methyl sites for hydroxylation is 1. The maximum atomic E-state index is 13.8. The zero-order valence-electron chi connectivity index (χ0n) is 22.6. The maximum absolute atomic E-state index is 13.8. The summed E-state index contributed by atoms with van der Waals surface area (Å²) in [4.78, 5) is 44.2. The Morgan fingerprint density at radius 2 is 1.98 bits per heavy atom. The maximum Gasteiger partial charge on any atom is 0.276 e. The Morgan fingerprint density at radius 1 is 1.19 bits per heavy atom. The van der Waals surface area contributed by atoms with Gasteiger partial charge in [0, 0.05) is 52.8 Å². The van der Waals surface area contributed by atoms with Crippen molar-refractivity contribution in [2.24, 2.45) is 0 Å². The van der Waals surface area contributed by atoms with Crippen molar-refractivity contribution in [3.05, 3.63) is 70.2 Å². The number of amides is 2. The van der Waals surface area contributed by atoms with Gasteiger partial charge < -0.3 is 10.4 Å². The highest BCUT2D eigenvalue weighted by atomic mass is 35.5. The third-order valence-electron chi connectivity index (χ3n) is 6.95. The van der Waals surface area contributed by atoms with Crippen LogP contribution in [0.3, 0.4) is 0 Å². The molecule has 0 saturated carbocycles. The number of aromatic nitrogens is 6. The van der Waals surface area contributed by atoms with Crippen molar-refractivity contribution >= 4 is 49.6 Å². The number of anilines is 2. The average Bonchev–Trinajstić information content (AvgIpc) is 3.62. The number of aliphatic hydroxyl groups excluding tert-OH is 1. The molecule has 1 saturated heterocycles. The van der Waals surface area contributed by atoms with Crippen LogP contribution < -0.4 is 15.5 Å². The molecule has 11 nitrogen and oxygen atoms in total. The molecule has 2 N–H and O–H groups in total. The van der Waals surface area contributed by atoms with E-state index < -0.39 is 18.9 Å². The summed E-state index contributed by atoms with van der Waals surface area (Å²) in [5, 5.41) is 17.3. The minimum absolute atomic E-state index is 0.000908. The summed E-state index contributed by atoms with van der Waals surface area (Å²) in [6.07, 6.45) is 4.33. The van der Waals surface area contributed by atoms with Crippen molar-refractivity contribution in [2.75, 3.05) is 16.8 Å². The van der Waals surface area contributed by atoms with E-state index in [-0.39, 0.29) is 50.5 Å². The summed E-state index contributed by atoms with van der Waals surface area (Å²) in [6.45, 7) is 3.70. The molecule has 3 aromatic heterocycles. The molecule has 1 aliphatic heterocycles. The van der Waals surface area contributed by atoms with Crippen molar-refractivity contribution in [3.63, 3.8) is 0 Å². The van der Waals surface area contributed by atoms with E-state index in [1.165, 1.54) is 24.5 Å². The zero-order valence-corrected chi connectivity index (χ0v) is 24.5. The first-order chi connectivity index (χ1) is 20.1. The third kappa shape index (κ3) is 5.72. The van der Waals surface area contributed by atoms with E-state index in [2.05, 4.69) is 39.6 Å². The molecular formula is C27H26ClF2N8O3P. The number of benzene rings is 1. The summed E-state index contributed by atoms with van der Waals surface area (Å²) in [6, 6.07) is 2.23. The standard InChI is InChI=1S/C27H26ClF2N8O3P/c1-13-17(9-32-27(34-13)37-7-3-4-21(37)40)14(2)38-11-15(8-33-38)35-26(41)23-20(12-39)31-10-19(36-23)22-16(25(29)30)5-6-18(28)24(22)42/h5-6,8-11,14,25,39H,3-4,7,12,42H2,1-2H3,(H,35,41). The number of rotatable bonds is 8. The number of alkyl halides is 2. The fourth-order valence-corrected chi connectivity index (χ4v) is 5.29. The van der Waals surface area contributed by atoms with Gasteiger partial charge in [-0.25, -0.2) is 23.7 Å². The Bertz CT molecular complexity index is 1690. The lowest BCUT2D eigenvalue weighted by atomic mass is 10.0. The average molecular weight is 615 g/mol. The van der Waals surface area contributed by atoms with Crippen LogP contribution in [0.25, 0.3) is 11.3 Å². The third-order valence-corrected chi connectivity index (χ3v) is 8.07. The van der Waals surface area contributed by atoms with Gasteiger partial charge in [0.25, 0.3) is 12.3 Å². The topological polar surface area (TPSA) is 139 Å². The number of carbonyl (C=O) groups is 2. The van der Waals surface area contributed by atoms with Crippen LogP contribution in [0.2, 0.25) is 5.02 Å². The Hall–Kier alpha value is -3.93. The van der Waals surface area contributed by atoms with Crippen LogP contribution in [0.15, 0.2) is 36.9 Å². The van der Waals surface area contributed by atoms with E-state index in [0.717, 1.165) is 12.0 Å². The normalized spacial score (nSPS) is 14.1. The molecule has 4 heterocycles. The Morgan fingerprint density at radius 3 is 2.64 bits per heavy atom. The van der Waals surface area contributed by atoms with Gasteiger partial charge in [-0.15, -0.1) is 9.24 Å². The second-order valence-corrected chi connectivity index (χ2v) is 10.6. The van der Waals surface area contributed by atoms with Crippen molar-refractivity contribution in [3.8, 4) is 11.3 Å². The summed E-state index contributed by atoms with van der Waals surface area (Å²) in [5.41, 5.74) is 1.22. The molecule has 4 aromatic rings. The highest BCUT2D eigenvalue weighted by molar-refractivity contribution is 7.28. The lowest BCUT2D eigenvalue weighted by Gasteiger charge is -2.18. The van der Waals surface area contributed by atoms with E-state index in [9.17, 15) is 23.5 Å². The molecule has 0 spiro atoms. The number of hydrogen-bond acceptors (Lipinski definition) is 8. The number of nitrogens with zero attached hydrogens (tertiary/aromatic N) is 7. The summed E-state index contributed by atoms with van der Waals surface area (Å²) in [7, 11) is 2.31. The van der Waals surface area contributed by atoms with E-state index in [1.54, 1.807) is 22.0 Å². The first-order valence-electron chi connectivity index (χ1n) is 12.9. The van der Waals surface area contributed by atoms with Gasteiger partial charge in [-0.05, 0) is 31.6 Å². The SMILES string of the molecule is Cc1nc(N2CCCC2=O)ncc1C(C)n1cc(NC(=O)c2nc(-c3c(C(F)F)ccc(Cl)c3P)cnc2CO)cn1. The van der Waals surface area contributed by atoms with E-state index in [1.807, 2.05) is 13.8 Å². The summed E-state index contributed by atoms with van der Waals surface area (Å²) in [5.74, 6) is -0.349. The highest BCUT2D eigenvalue weighted by Crippen LogP contribution is 2.33. The van der Waals surface area contributed by atoms with Gasteiger partial charge in [-0.3, -0.25) is 24.2 Å². The zero-order chi connectivity index (χ0) is 30.1. The summed E-state index contributed by atoms with van der Waals surface area (Å²) < 4.78 is 29.2. The van der Waals surface area contributed by atoms with Crippen molar-refractivity contribution in [2.45, 2.75) is 45.8 Å². The molecule has 2 amide bonds. The largest absolute Gasteiger partial charge is 0.390 e. The molecule has 2 unspecified atom stereocenters. The molecule has 218 valence electrons. The first-order valence-corrected chi connectivity index (χ1v) is 13.9. The van der Waals surface area contributed by atoms with Crippen molar-refractivity contribution < 1.29 is 23.5 Å². The Balaban J connectivity index is 1.39. The number of hydrogen-bond donors (Lipinski definition) is 2. The first kappa shape index (κ1) is 29.6. The lowest BCUT2D eigenvalue weighted by Crippen LogP contribution is -2.26. The molecule has 1 aliphatic rings. The Labute approximate surface area is 246 Å². The number of nitrogens with one attached hydrogen (secondary N) is 1. The number of carbonyl (C=O) groups excluding carboxylic acids is 2. The predicted octanol–water partition coefficient (Wildman–Crippen LogP) is 4.01. The van der Waals surface area contributed by atoms with E-state index >= 15 is 0 Å². The van der Waals surface area contributed by atoms with Gasteiger partial charge in [0.05, 0.1) is 42.1 Å². The van der Waals surface area contributed by atoms with Crippen molar-refractivity contribution in [1.82, 2.24) is 29.7 Å². The summed E-state index contributed by atoms with van der Waals surface area (Å²) >= 11 is 6.17. The van der Waals surface area contributed by atoms with Crippen LogP contribution in [0.1, 0.15) is 65.2 Å². The number of aliphatic hydroxyl groups is 1. The highest BCUT2D eigenvalue weighted by Gasteiger charge is 2.26. The molecule has 0 bridgehead atoms. The lowest BCUT2D eigenvalue weighted by molar-refractivity contribution is -0.117. The monoisotopic (exact) mass is 614 g/mol. The Kier molecular flexibility index (Phi) is 8.53. The molecule has 0 aliphatic carbocycles. The van der Waals surface area contributed by atoms with Gasteiger partial charge in [0.1, 0.15) is 0 Å². The second-order valence-electron chi connectivity index (χ2n) is 9.63. The minimum Gasteiger partial charge on any atom is -0.390 e. The van der Waals surface area contributed by atoms with Gasteiger partial charge in [0.2, 0.25) is 11.9 Å². The van der Waals surface area contributed by atoms with Crippen LogP contribution >= 0.6 is 20.8 Å². The van der Waals surface area contributed by atoms with Crippen LogP contribution in [0.4, 0.5) is 20.4 Å². The quantitative estimate of drug-likeness (QED) is 0.284. The van der Waals surface area contributed by atoms with Crippen LogP contribution in [0, 0.1) is 6.92 Å². The molecule has 42 heavy (non-hydrogen) atoms. The fraction of sp³-hybridized carbons (Fsp3) is 0.296. The van der Waals surface area contributed by atoms with E-state index in [0.29, 0.717) is 30.3 Å². The molecule has 1 fully saturated rings. The molecule has 1 aromatic carbocycles. The molecular weight excluding hydrogens is 589 g/mol. The van der Waals surface area contributed by atoms with Crippen LogP contribution in [0.5, 0.6) is 0 Å². The van der Waals surface area contributed by atoms with Crippen LogP contribution in [-0.4, -0.2) is 53.2 Å². The minimum atomic E-state index is -2.83.